The third-order valence-electron chi connectivity index (χ3n) is 5.52. The summed E-state index contributed by atoms with van der Waals surface area (Å²) in [5.41, 5.74) is 9.84. The first kappa shape index (κ1) is 24.7. The molecule has 0 bridgehead atoms. The maximum Gasteiger partial charge on any atom is 0.408 e. The van der Waals surface area contributed by atoms with Crippen LogP contribution < -0.4 is 5.73 Å². The average Bonchev–Trinajstić information content (AvgIpc) is 3.09. The molecule has 0 aliphatic rings. The maximum atomic E-state index is 11.6. The molecule has 9 heteroatoms. The highest BCUT2D eigenvalue weighted by Crippen LogP contribution is 2.30. The second kappa shape index (κ2) is 9.52. The first-order valence-corrected chi connectivity index (χ1v) is 14.8. The summed E-state index contributed by atoms with van der Waals surface area (Å²) >= 11 is 0. The van der Waals surface area contributed by atoms with Gasteiger partial charge in [-0.2, -0.15) is 5.10 Å². The van der Waals surface area contributed by atoms with E-state index in [2.05, 4.69) is 29.7 Å². The molecule has 2 aromatic heterocycles. The molecule has 0 aliphatic carbocycles. The highest BCUT2D eigenvalue weighted by Gasteiger charge is 2.26. The van der Waals surface area contributed by atoms with Gasteiger partial charge in [-0.05, 0) is 45.0 Å². The number of nitrogens with two attached hydrogens (primary N) is 1. The number of pyridine rings is 1. The van der Waals surface area contributed by atoms with E-state index in [-0.39, 0.29) is 6.54 Å². The van der Waals surface area contributed by atoms with Crippen LogP contribution >= 0.6 is 0 Å². The van der Waals surface area contributed by atoms with Crippen molar-refractivity contribution in [2.75, 3.05) is 12.3 Å². The number of amides is 1. The average molecular weight is 470 g/mol. The molecule has 0 atom stereocenters. The molecule has 2 heterocycles. The number of rotatable bonds is 8. The Labute approximate surface area is 196 Å². The summed E-state index contributed by atoms with van der Waals surface area (Å²) in [6.07, 6.45) is 2.58. The van der Waals surface area contributed by atoms with E-state index in [9.17, 15) is 9.90 Å². The van der Waals surface area contributed by atoms with Crippen molar-refractivity contribution in [1.29, 1.82) is 0 Å². The molecule has 3 aromatic rings. The Hall–Kier alpha value is -2.91. The Morgan fingerprint density at radius 2 is 1.94 bits per heavy atom. The second-order valence-electron chi connectivity index (χ2n) is 10.6. The van der Waals surface area contributed by atoms with Gasteiger partial charge in [-0.3, -0.25) is 9.88 Å². The van der Waals surface area contributed by atoms with Gasteiger partial charge in [0, 0.05) is 48.6 Å². The van der Waals surface area contributed by atoms with E-state index in [4.69, 9.17) is 10.5 Å². The van der Waals surface area contributed by atoms with Crippen LogP contribution in [-0.4, -0.2) is 51.1 Å². The number of fused-ring (bicyclic) bond motifs is 1. The molecule has 3 N–H and O–H groups in total. The van der Waals surface area contributed by atoms with E-state index < -0.39 is 19.7 Å². The first-order valence-electron chi connectivity index (χ1n) is 11.1. The Kier molecular flexibility index (Phi) is 7.13. The van der Waals surface area contributed by atoms with Crippen molar-refractivity contribution in [2.45, 2.75) is 65.3 Å². The molecule has 8 nitrogen and oxygen atoms in total. The van der Waals surface area contributed by atoms with Crippen molar-refractivity contribution in [3.63, 3.8) is 0 Å². The summed E-state index contributed by atoms with van der Waals surface area (Å²) in [4.78, 5) is 17.5. The molecular formula is C24H35N5O3Si. The molecule has 0 aliphatic heterocycles. The molecule has 0 saturated heterocycles. The minimum absolute atomic E-state index is 0.220. The number of nitrogens with zero attached hydrogens (tertiary/aromatic N) is 4. The van der Waals surface area contributed by atoms with Crippen LogP contribution in [0.3, 0.4) is 0 Å². The number of ether oxygens (including phenoxy) is 1. The predicted molar refractivity (Wildman–Crippen MR) is 135 cm³/mol. The number of benzene rings is 1. The van der Waals surface area contributed by atoms with Gasteiger partial charge < -0.3 is 15.6 Å². The lowest BCUT2D eigenvalue weighted by atomic mass is 10.0. The van der Waals surface area contributed by atoms with E-state index >= 15 is 0 Å². The van der Waals surface area contributed by atoms with E-state index in [0.717, 1.165) is 34.7 Å². The van der Waals surface area contributed by atoms with Gasteiger partial charge in [0.1, 0.15) is 6.73 Å². The monoisotopic (exact) mass is 469 g/mol. The molecule has 33 heavy (non-hydrogen) atoms. The lowest BCUT2D eigenvalue weighted by molar-refractivity contribution is 0.0817. The third-order valence-corrected chi connectivity index (χ3v) is 7.22. The van der Waals surface area contributed by atoms with Crippen LogP contribution in [0.5, 0.6) is 0 Å². The molecule has 3 rings (SSSR count). The Morgan fingerprint density at radius 1 is 1.21 bits per heavy atom. The van der Waals surface area contributed by atoms with Gasteiger partial charge in [0.2, 0.25) is 0 Å². The molecule has 0 radical (unpaired) electrons. The standard InChI is InChI=1S/C24H35N5O3Si/c1-24(2,3)28(23(30)31)15-19-8-7-17(13-26-19)20-11-18-14-27-29(22(18)12-21(20)25)16-32-9-10-33(4,5)6/h7-8,11-14H,9-10,15-16,25H2,1-6H3,(H,30,31). The van der Waals surface area contributed by atoms with Crippen molar-refractivity contribution >= 4 is 30.8 Å². The number of carboxylic acid groups (broad SMARTS) is 1. The van der Waals surface area contributed by atoms with E-state index in [1.807, 2.05) is 55.9 Å². The summed E-state index contributed by atoms with van der Waals surface area (Å²) in [5.74, 6) is 0. The van der Waals surface area contributed by atoms with Crippen LogP contribution in [0.1, 0.15) is 26.5 Å². The van der Waals surface area contributed by atoms with Gasteiger partial charge in [0.05, 0.1) is 24.0 Å². The number of nitrogen functional groups attached to an aromatic ring is 1. The van der Waals surface area contributed by atoms with Gasteiger partial charge in [-0.25, -0.2) is 9.48 Å². The van der Waals surface area contributed by atoms with Crippen molar-refractivity contribution in [2.24, 2.45) is 0 Å². The van der Waals surface area contributed by atoms with Crippen LogP contribution in [0, 0.1) is 0 Å². The summed E-state index contributed by atoms with van der Waals surface area (Å²) in [7, 11) is -1.13. The lowest BCUT2D eigenvalue weighted by Gasteiger charge is -2.32. The zero-order valence-electron chi connectivity index (χ0n) is 20.4. The topological polar surface area (TPSA) is 107 Å². The lowest BCUT2D eigenvalue weighted by Crippen LogP contribution is -2.44. The SMILES string of the molecule is CC(C)(C)N(Cc1ccc(-c2cc3cnn(COCC[Si](C)(C)C)c3cc2N)cn1)C(=O)O. The number of aromatic nitrogens is 3. The largest absolute Gasteiger partial charge is 0.465 e. The van der Waals surface area contributed by atoms with Crippen molar-refractivity contribution < 1.29 is 14.6 Å². The Bertz CT molecular complexity index is 1110. The second-order valence-corrected chi connectivity index (χ2v) is 16.2. The van der Waals surface area contributed by atoms with Crippen LogP contribution in [0.4, 0.5) is 10.5 Å². The van der Waals surface area contributed by atoms with Crippen LogP contribution in [0.25, 0.3) is 22.0 Å². The van der Waals surface area contributed by atoms with Crippen molar-refractivity contribution in [1.82, 2.24) is 19.7 Å². The van der Waals surface area contributed by atoms with Crippen LogP contribution in [0.2, 0.25) is 25.7 Å². The minimum atomic E-state index is -1.13. The predicted octanol–water partition coefficient (Wildman–Crippen LogP) is 5.27. The summed E-state index contributed by atoms with van der Waals surface area (Å²) in [5, 5.41) is 14.9. The molecule has 0 spiro atoms. The normalized spacial score (nSPS) is 12.3. The smallest absolute Gasteiger partial charge is 0.408 e. The molecule has 0 unspecified atom stereocenters. The fourth-order valence-corrected chi connectivity index (χ4v) is 4.21. The Balaban J connectivity index is 1.76. The molecule has 178 valence electrons. The highest BCUT2D eigenvalue weighted by atomic mass is 28.3. The quantitative estimate of drug-likeness (QED) is 0.264. The van der Waals surface area contributed by atoms with E-state index in [1.165, 1.54) is 4.90 Å². The summed E-state index contributed by atoms with van der Waals surface area (Å²) in [6.45, 7) is 13.9. The molecule has 0 saturated carbocycles. The molecule has 1 amide bonds. The first-order chi connectivity index (χ1) is 15.3. The zero-order chi connectivity index (χ0) is 24.4. The molecule has 1 aromatic carbocycles. The zero-order valence-corrected chi connectivity index (χ0v) is 21.4. The van der Waals surface area contributed by atoms with Crippen molar-refractivity contribution in [3.05, 3.63) is 42.4 Å². The molecule has 0 fully saturated rings. The van der Waals surface area contributed by atoms with E-state index in [0.29, 0.717) is 18.1 Å². The minimum Gasteiger partial charge on any atom is -0.465 e. The summed E-state index contributed by atoms with van der Waals surface area (Å²) in [6, 6.07) is 8.80. The molecular weight excluding hydrogens is 434 g/mol. The van der Waals surface area contributed by atoms with Crippen molar-refractivity contribution in [3.8, 4) is 11.1 Å². The Morgan fingerprint density at radius 3 is 2.52 bits per heavy atom. The summed E-state index contributed by atoms with van der Waals surface area (Å²) < 4.78 is 7.67. The van der Waals surface area contributed by atoms with Gasteiger partial charge in [0.25, 0.3) is 0 Å². The third kappa shape index (κ3) is 6.32. The maximum absolute atomic E-state index is 11.6. The van der Waals surface area contributed by atoms with Gasteiger partial charge in [0.15, 0.2) is 0 Å². The number of hydrogen-bond acceptors (Lipinski definition) is 5. The van der Waals surface area contributed by atoms with Crippen LogP contribution in [-0.2, 0) is 18.0 Å². The van der Waals surface area contributed by atoms with Gasteiger partial charge >= 0.3 is 6.09 Å². The highest BCUT2D eigenvalue weighted by molar-refractivity contribution is 6.76. The van der Waals surface area contributed by atoms with Gasteiger partial charge in [-0.15, -0.1) is 0 Å². The van der Waals surface area contributed by atoms with Gasteiger partial charge in [-0.1, -0.05) is 25.7 Å². The number of hydrogen-bond donors (Lipinski definition) is 2. The fraction of sp³-hybridized carbons (Fsp3) is 0.458. The van der Waals surface area contributed by atoms with Crippen LogP contribution in [0.15, 0.2) is 36.7 Å². The van der Waals surface area contributed by atoms with E-state index in [1.54, 1.807) is 6.20 Å². The fourth-order valence-electron chi connectivity index (χ4n) is 3.46. The number of carbonyl (C=O) groups is 1. The number of anilines is 1.